The van der Waals surface area contributed by atoms with Crippen molar-refractivity contribution in [1.29, 1.82) is 0 Å². The first-order valence-corrected chi connectivity index (χ1v) is 12.4. The zero-order chi connectivity index (χ0) is 25.2. The summed E-state index contributed by atoms with van der Waals surface area (Å²) in [6, 6.07) is 6.31. The number of nitrogens with zero attached hydrogens (tertiary/aromatic N) is 3. The van der Waals surface area contributed by atoms with Crippen LogP contribution in [0.4, 0.5) is 13.2 Å². The number of nitrogens with one attached hydrogen (secondary N) is 3. The molecule has 2 unspecified atom stereocenters. The van der Waals surface area contributed by atoms with Gasteiger partial charge >= 0.3 is 6.36 Å². The summed E-state index contributed by atoms with van der Waals surface area (Å²) in [6.45, 7) is 2.47. The lowest BCUT2D eigenvalue weighted by Gasteiger charge is -2.32. The highest BCUT2D eigenvalue weighted by atomic mass is 19.4. The van der Waals surface area contributed by atoms with E-state index in [0.717, 1.165) is 19.3 Å². The van der Waals surface area contributed by atoms with Crippen molar-refractivity contribution in [1.82, 2.24) is 30.8 Å². The maximum Gasteiger partial charge on any atom is 0.573 e. The number of amides is 2. The third-order valence-corrected chi connectivity index (χ3v) is 8.27. The highest BCUT2D eigenvalue weighted by Gasteiger charge is 2.46. The van der Waals surface area contributed by atoms with Crippen molar-refractivity contribution in [2.75, 3.05) is 26.2 Å². The Morgan fingerprint density at radius 3 is 2.39 bits per heavy atom. The zero-order valence-corrected chi connectivity index (χ0v) is 19.8. The molecule has 1 saturated carbocycles. The van der Waals surface area contributed by atoms with E-state index in [4.69, 9.17) is 0 Å². The molecule has 3 saturated heterocycles. The summed E-state index contributed by atoms with van der Waals surface area (Å²) in [5, 5.41) is 0.510. The lowest BCUT2D eigenvalue weighted by molar-refractivity contribution is -0.274. The molecule has 2 aromatic rings. The second-order valence-electron chi connectivity index (χ2n) is 10.5. The van der Waals surface area contributed by atoms with E-state index in [-0.39, 0.29) is 41.4 Å². The molecule has 0 radical (unpaired) electrons. The Morgan fingerprint density at radius 2 is 1.67 bits per heavy atom. The molecule has 3 aliphatic heterocycles. The largest absolute Gasteiger partial charge is 0.573 e. The Kier molecular flexibility index (Phi) is 5.65. The minimum Gasteiger partial charge on any atom is -0.406 e. The lowest BCUT2D eigenvalue weighted by Crippen LogP contribution is -2.45. The number of aromatic nitrogens is 1. The fraction of sp³-hybridized carbons (Fsp3) is 0.583. The Labute approximate surface area is 205 Å². The van der Waals surface area contributed by atoms with E-state index < -0.39 is 6.36 Å². The van der Waals surface area contributed by atoms with Gasteiger partial charge in [0.25, 0.3) is 5.91 Å². The van der Waals surface area contributed by atoms with Gasteiger partial charge in [0.15, 0.2) is 0 Å². The number of carbonyl (C=O) groups is 2. The van der Waals surface area contributed by atoms with Gasteiger partial charge in [0.1, 0.15) is 11.4 Å². The molecule has 3 N–H and O–H groups in total. The third kappa shape index (κ3) is 4.20. The average molecular weight is 507 g/mol. The van der Waals surface area contributed by atoms with Crippen molar-refractivity contribution in [2.45, 2.75) is 37.7 Å². The van der Waals surface area contributed by atoms with Crippen LogP contribution >= 0.6 is 0 Å². The van der Waals surface area contributed by atoms with Crippen molar-refractivity contribution in [3.05, 3.63) is 30.0 Å². The molecule has 4 heterocycles. The monoisotopic (exact) mass is 506 g/mol. The summed E-state index contributed by atoms with van der Waals surface area (Å²) < 4.78 is 43.5. The highest BCUT2D eigenvalue weighted by Crippen LogP contribution is 2.36. The van der Waals surface area contributed by atoms with Crippen LogP contribution in [0, 0.1) is 17.8 Å². The number of likely N-dealkylation sites (tertiary alicyclic amines) is 2. The van der Waals surface area contributed by atoms with Gasteiger partial charge < -0.3 is 19.1 Å². The molecule has 1 aromatic carbocycles. The van der Waals surface area contributed by atoms with Gasteiger partial charge in [-0.1, -0.05) is 0 Å². The Balaban J connectivity index is 1.10. The quantitative estimate of drug-likeness (QED) is 0.588. The number of hydrogen-bond acceptors (Lipinski definition) is 6. The summed E-state index contributed by atoms with van der Waals surface area (Å²) in [7, 11) is 1.73. The summed E-state index contributed by atoms with van der Waals surface area (Å²) in [4.78, 5) is 30.3. The molecule has 4 aliphatic rings. The average Bonchev–Trinajstić information content (AvgIpc) is 3.59. The normalized spacial score (nSPS) is 30.1. The molecule has 0 spiro atoms. The van der Waals surface area contributed by atoms with Gasteiger partial charge in [0, 0.05) is 74.0 Å². The topological polar surface area (TPSA) is 90.9 Å². The number of aryl methyl sites for hydroxylation is 1. The van der Waals surface area contributed by atoms with E-state index in [1.807, 2.05) is 9.80 Å². The number of halogens is 3. The second kappa shape index (κ2) is 8.63. The molecule has 1 aromatic heterocycles. The number of hydrogen-bond donors (Lipinski definition) is 3. The molecule has 1 aliphatic carbocycles. The Morgan fingerprint density at radius 1 is 0.972 bits per heavy atom. The van der Waals surface area contributed by atoms with E-state index in [9.17, 15) is 22.8 Å². The second-order valence-corrected chi connectivity index (χ2v) is 10.5. The highest BCUT2D eigenvalue weighted by molar-refractivity contribution is 5.99. The van der Waals surface area contributed by atoms with Gasteiger partial charge in [-0.3, -0.25) is 9.59 Å². The SMILES string of the molecule is Cn1c(C(=O)N2C[C@@H]3CN(C(=O)[C@@H]4CCC5NNNC5C4)C[C@H]3C2)cc2cc(OC(F)(F)F)ccc21. The molecular weight excluding hydrogens is 477 g/mol. The van der Waals surface area contributed by atoms with Crippen LogP contribution in [0.3, 0.4) is 0 Å². The number of hydrazine groups is 2. The standard InChI is InChI=1S/C24H29F3N6O3/c1-31-20-5-3-17(36-24(25,26)27)6-14(20)8-21(31)23(35)33-11-15-9-32(10-16(15)12-33)22(34)13-2-4-18-19(7-13)29-30-28-18/h3,5-6,8,13,15-16,18-19,28-30H,2,4,7,9-12H2,1H3/t13-,15+,16+,18?,19?/m1/s1. The molecule has 0 bridgehead atoms. The van der Waals surface area contributed by atoms with E-state index >= 15 is 0 Å². The Bertz CT molecular complexity index is 1190. The predicted octanol–water partition coefficient (Wildman–Crippen LogP) is 1.76. The van der Waals surface area contributed by atoms with Crippen LogP contribution in [-0.2, 0) is 11.8 Å². The van der Waals surface area contributed by atoms with Gasteiger partial charge in [-0.15, -0.1) is 13.2 Å². The lowest BCUT2D eigenvalue weighted by atomic mass is 9.82. The fourth-order valence-electron chi connectivity index (χ4n) is 6.44. The van der Waals surface area contributed by atoms with Gasteiger partial charge in [-0.05, 0) is 43.5 Å². The summed E-state index contributed by atoms with van der Waals surface area (Å²) in [5.74, 6) is 0.265. The van der Waals surface area contributed by atoms with Crippen molar-refractivity contribution in [3.8, 4) is 5.75 Å². The van der Waals surface area contributed by atoms with Crippen molar-refractivity contribution < 1.29 is 27.5 Å². The maximum absolute atomic E-state index is 13.3. The number of ether oxygens (including phenoxy) is 1. The van der Waals surface area contributed by atoms with E-state index in [1.54, 1.807) is 17.7 Å². The van der Waals surface area contributed by atoms with Crippen LogP contribution in [-0.4, -0.2) is 70.8 Å². The molecular formula is C24H29F3N6O3. The number of benzene rings is 1. The van der Waals surface area contributed by atoms with Gasteiger partial charge in [-0.2, -0.15) is 5.53 Å². The van der Waals surface area contributed by atoms with Crippen LogP contribution in [0.1, 0.15) is 29.8 Å². The van der Waals surface area contributed by atoms with Gasteiger partial charge in [0.2, 0.25) is 5.91 Å². The summed E-state index contributed by atoms with van der Waals surface area (Å²) in [6.07, 6.45) is -2.12. The molecule has 12 heteroatoms. The number of carbonyl (C=O) groups excluding carboxylic acids is 2. The van der Waals surface area contributed by atoms with Crippen LogP contribution in [0.15, 0.2) is 24.3 Å². The smallest absolute Gasteiger partial charge is 0.406 e. The van der Waals surface area contributed by atoms with Crippen LogP contribution < -0.4 is 21.1 Å². The van der Waals surface area contributed by atoms with E-state index in [2.05, 4.69) is 21.1 Å². The van der Waals surface area contributed by atoms with Gasteiger partial charge in [-0.25, -0.2) is 10.9 Å². The molecule has 6 rings (SSSR count). The van der Waals surface area contributed by atoms with Gasteiger partial charge in [0.05, 0.1) is 0 Å². The zero-order valence-electron chi connectivity index (χ0n) is 19.8. The van der Waals surface area contributed by atoms with E-state index in [1.165, 1.54) is 18.2 Å². The van der Waals surface area contributed by atoms with Crippen molar-refractivity contribution in [2.24, 2.45) is 24.8 Å². The molecule has 36 heavy (non-hydrogen) atoms. The maximum atomic E-state index is 13.3. The molecule has 2 amide bonds. The Hall–Kier alpha value is -2.83. The van der Waals surface area contributed by atoms with Crippen LogP contribution in [0.25, 0.3) is 10.9 Å². The number of alkyl halides is 3. The minimum absolute atomic E-state index is 0.0269. The third-order valence-electron chi connectivity index (χ3n) is 8.27. The van der Waals surface area contributed by atoms with Crippen LogP contribution in [0.2, 0.25) is 0 Å². The number of rotatable bonds is 3. The minimum atomic E-state index is -4.77. The molecule has 9 nitrogen and oxygen atoms in total. The van der Waals surface area contributed by atoms with Crippen LogP contribution in [0.5, 0.6) is 5.75 Å². The molecule has 4 fully saturated rings. The summed E-state index contributed by atoms with van der Waals surface area (Å²) >= 11 is 0. The fourth-order valence-corrected chi connectivity index (χ4v) is 6.44. The van der Waals surface area contributed by atoms with Crippen molar-refractivity contribution in [3.63, 3.8) is 0 Å². The molecule has 194 valence electrons. The van der Waals surface area contributed by atoms with E-state index in [0.29, 0.717) is 48.8 Å². The molecule has 5 atom stereocenters. The van der Waals surface area contributed by atoms with Crippen molar-refractivity contribution >= 4 is 22.7 Å². The predicted molar refractivity (Wildman–Crippen MR) is 123 cm³/mol. The first-order chi connectivity index (χ1) is 17.2. The summed E-state index contributed by atoms with van der Waals surface area (Å²) in [5.41, 5.74) is 10.4. The first-order valence-electron chi connectivity index (χ1n) is 12.4. The number of fused-ring (bicyclic) bond motifs is 3. The first kappa shape index (κ1) is 23.6.